The summed E-state index contributed by atoms with van der Waals surface area (Å²) in [5, 5.41) is 11.4. The van der Waals surface area contributed by atoms with E-state index in [-0.39, 0.29) is 24.1 Å². The van der Waals surface area contributed by atoms with Crippen molar-refractivity contribution in [2.75, 3.05) is 5.32 Å². The molecule has 0 bridgehead atoms. The van der Waals surface area contributed by atoms with Gasteiger partial charge < -0.3 is 9.88 Å². The predicted molar refractivity (Wildman–Crippen MR) is 123 cm³/mol. The number of ketones is 1. The maximum absolute atomic E-state index is 13.0. The molecule has 0 unspecified atom stereocenters. The average molecular weight is 464 g/mol. The van der Waals surface area contributed by atoms with Gasteiger partial charge in [0.15, 0.2) is 5.78 Å². The second-order valence-electron chi connectivity index (χ2n) is 7.23. The van der Waals surface area contributed by atoms with Crippen molar-refractivity contribution in [3.63, 3.8) is 0 Å². The summed E-state index contributed by atoms with van der Waals surface area (Å²) in [6.07, 6.45) is 6.78. The van der Waals surface area contributed by atoms with Gasteiger partial charge in [0, 0.05) is 28.2 Å². The third-order valence-electron chi connectivity index (χ3n) is 4.75. The van der Waals surface area contributed by atoms with Crippen LogP contribution in [0.5, 0.6) is 0 Å². The largest absolute Gasteiger partial charge is 0.342 e. The van der Waals surface area contributed by atoms with Gasteiger partial charge in [-0.15, -0.1) is 5.10 Å². The Morgan fingerprint density at radius 1 is 1.06 bits per heavy atom. The molecule has 2 aromatic heterocycles. The lowest BCUT2D eigenvalue weighted by Crippen LogP contribution is -2.19. The molecule has 1 amide bonds. The van der Waals surface area contributed by atoms with Gasteiger partial charge in [-0.05, 0) is 72.8 Å². The van der Waals surface area contributed by atoms with Gasteiger partial charge in [0.2, 0.25) is 5.91 Å². The number of carbonyl (C=O) groups is 2. The van der Waals surface area contributed by atoms with Gasteiger partial charge in [-0.1, -0.05) is 16.8 Å². The van der Waals surface area contributed by atoms with Gasteiger partial charge in [0.1, 0.15) is 18.1 Å². The van der Waals surface area contributed by atoms with Gasteiger partial charge in [0.25, 0.3) is 0 Å². The molecule has 7 nitrogen and oxygen atoms in total. The molecule has 0 radical (unpaired) electrons. The Kier molecular flexibility index (Phi) is 6.75. The smallest absolute Gasteiger partial charge is 0.246 e. The lowest BCUT2D eigenvalue weighted by molar-refractivity contribution is -0.116. The summed E-state index contributed by atoms with van der Waals surface area (Å²) in [4.78, 5) is 24.5. The quantitative estimate of drug-likeness (QED) is 0.309. The zero-order chi connectivity index (χ0) is 23.2. The summed E-state index contributed by atoms with van der Waals surface area (Å²) in [5.74, 6) is -0.802. The first-order chi connectivity index (χ1) is 16.0. The fraction of sp³-hybridized carbons (Fsp3) is 0.0833. The SMILES string of the molecule is O=C(Cn1cc(Cn2cccc2/C=C/C(=O)c2ccc(Cl)cc2)nn1)Nc1ccc(F)cc1. The number of allylic oxidation sites excluding steroid dienone is 1. The van der Waals surface area contributed by atoms with E-state index in [0.29, 0.717) is 28.5 Å². The Hall–Kier alpha value is -4.04. The summed E-state index contributed by atoms with van der Waals surface area (Å²) in [7, 11) is 0. The van der Waals surface area contributed by atoms with Crippen molar-refractivity contribution < 1.29 is 14.0 Å². The van der Waals surface area contributed by atoms with Crippen molar-refractivity contribution in [2.24, 2.45) is 0 Å². The summed E-state index contributed by atoms with van der Waals surface area (Å²) in [6, 6.07) is 16.0. The number of nitrogens with one attached hydrogen (secondary N) is 1. The highest BCUT2D eigenvalue weighted by Gasteiger charge is 2.09. The molecule has 4 aromatic rings. The summed E-state index contributed by atoms with van der Waals surface area (Å²) in [5.41, 5.74) is 2.52. The normalized spacial score (nSPS) is 11.1. The van der Waals surface area contributed by atoms with E-state index < -0.39 is 0 Å². The Morgan fingerprint density at radius 3 is 2.58 bits per heavy atom. The lowest BCUT2D eigenvalue weighted by atomic mass is 10.1. The molecule has 166 valence electrons. The van der Waals surface area contributed by atoms with E-state index in [9.17, 15) is 14.0 Å². The van der Waals surface area contributed by atoms with Crippen LogP contribution in [0.1, 0.15) is 21.7 Å². The maximum atomic E-state index is 13.0. The zero-order valence-electron chi connectivity index (χ0n) is 17.4. The molecule has 0 saturated carbocycles. The molecule has 0 aliphatic carbocycles. The predicted octanol–water partition coefficient (Wildman–Crippen LogP) is 4.46. The number of hydrogen-bond acceptors (Lipinski definition) is 4. The number of halogens is 2. The molecule has 9 heteroatoms. The molecule has 0 aliphatic rings. The van der Waals surface area contributed by atoms with Crippen molar-refractivity contribution in [2.45, 2.75) is 13.1 Å². The van der Waals surface area contributed by atoms with E-state index in [2.05, 4.69) is 15.6 Å². The molecule has 0 atom stereocenters. The van der Waals surface area contributed by atoms with Gasteiger partial charge in [0.05, 0.1) is 12.7 Å². The number of amides is 1. The molecule has 0 aliphatic heterocycles. The summed E-state index contributed by atoms with van der Waals surface area (Å²) < 4.78 is 16.3. The van der Waals surface area contributed by atoms with E-state index in [1.807, 2.05) is 22.9 Å². The molecule has 33 heavy (non-hydrogen) atoms. The Bertz CT molecular complexity index is 1290. The Labute approximate surface area is 194 Å². The topological polar surface area (TPSA) is 81.8 Å². The van der Waals surface area contributed by atoms with Crippen LogP contribution in [-0.2, 0) is 17.9 Å². The maximum Gasteiger partial charge on any atom is 0.246 e. The molecule has 0 spiro atoms. The van der Waals surface area contributed by atoms with Crippen LogP contribution in [0.25, 0.3) is 6.08 Å². The van der Waals surface area contributed by atoms with Crippen LogP contribution in [0, 0.1) is 5.82 Å². The minimum Gasteiger partial charge on any atom is -0.342 e. The first kappa shape index (κ1) is 22.2. The van der Waals surface area contributed by atoms with Gasteiger partial charge in [-0.2, -0.15) is 0 Å². The average Bonchev–Trinajstić information content (AvgIpc) is 3.43. The molecule has 0 saturated heterocycles. The number of anilines is 1. The van der Waals surface area contributed by atoms with Crippen LogP contribution in [-0.4, -0.2) is 31.3 Å². The Morgan fingerprint density at radius 2 is 1.82 bits per heavy atom. The standard InChI is InChI=1S/C24H19ClFN5O2/c25-18-5-3-17(4-6-18)23(32)12-11-22-2-1-13-30(22)14-21-15-31(29-28-21)16-24(33)27-20-9-7-19(26)8-10-20/h1-13,15H,14,16H2,(H,27,33)/b12-11+. The van der Waals surface area contributed by atoms with Crippen LogP contribution in [0.2, 0.25) is 5.02 Å². The number of carbonyl (C=O) groups excluding carboxylic acids is 2. The van der Waals surface area contributed by atoms with Crippen LogP contribution in [0.15, 0.2) is 79.1 Å². The third kappa shape index (κ3) is 6.02. The van der Waals surface area contributed by atoms with Crippen molar-refractivity contribution in [3.05, 3.63) is 107 Å². The van der Waals surface area contributed by atoms with E-state index in [1.165, 1.54) is 35.0 Å². The van der Waals surface area contributed by atoms with Crippen LogP contribution in [0.4, 0.5) is 10.1 Å². The van der Waals surface area contributed by atoms with Gasteiger partial charge in [-0.3, -0.25) is 9.59 Å². The minimum atomic E-state index is -0.373. The van der Waals surface area contributed by atoms with Crippen molar-refractivity contribution in [1.29, 1.82) is 0 Å². The van der Waals surface area contributed by atoms with E-state index >= 15 is 0 Å². The van der Waals surface area contributed by atoms with Crippen LogP contribution < -0.4 is 5.32 Å². The summed E-state index contributed by atoms with van der Waals surface area (Å²) in [6.45, 7) is 0.389. The highest BCUT2D eigenvalue weighted by molar-refractivity contribution is 6.30. The van der Waals surface area contributed by atoms with Gasteiger partial charge >= 0.3 is 0 Å². The van der Waals surface area contributed by atoms with E-state index in [1.54, 1.807) is 36.5 Å². The second kappa shape index (κ2) is 10.1. The highest BCUT2D eigenvalue weighted by Crippen LogP contribution is 2.13. The number of hydrogen-bond donors (Lipinski definition) is 1. The lowest BCUT2D eigenvalue weighted by Gasteiger charge is -2.05. The molecule has 2 aromatic carbocycles. The number of rotatable bonds is 8. The number of aromatic nitrogens is 4. The first-order valence-electron chi connectivity index (χ1n) is 10.0. The highest BCUT2D eigenvalue weighted by atomic mass is 35.5. The fourth-order valence-electron chi connectivity index (χ4n) is 3.14. The Balaban J connectivity index is 1.36. The molecule has 1 N–H and O–H groups in total. The monoisotopic (exact) mass is 463 g/mol. The molecule has 4 rings (SSSR count). The molecular weight excluding hydrogens is 445 g/mol. The number of nitrogens with zero attached hydrogens (tertiary/aromatic N) is 4. The van der Waals surface area contributed by atoms with E-state index in [4.69, 9.17) is 11.6 Å². The molecular formula is C24H19ClFN5O2. The van der Waals surface area contributed by atoms with Crippen molar-refractivity contribution in [1.82, 2.24) is 19.6 Å². The number of benzene rings is 2. The molecule has 2 heterocycles. The second-order valence-corrected chi connectivity index (χ2v) is 7.66. The van der Waals surface area contributed by atoms with Gasteiger partial charge in [-0.25, -0.2) is 9.07 Å². The van der Waals surface area contributed by atoms with Crippen molar-refractivity contribution >= 4 is 35.1 Å². The first-order valence-corrected chi connectivity index (χ1v) is 10.4. The van der Waals surface area contributed by atoms with Crippen molar-refractivity contribution in [3.8, 4) is 0 Å². The van der Waals surface area contributed by atoms with E-state index in [0.717, 1.165) is 5.69 Å². The fourth-order valence-corrected chi connectivity index (χ4v) is 3.26. The van der Waals surface area contributed by atoms with Crippen LogP contribution in [0.3, 0.4) is 0 Å². The van der Waals surface area contributed by atoms with Crippen LogP contribution >= 0.6 is 11.6 Å². The zero-order valence-corrected chi connectivity index (χ0v) is 18.1. The molecule has 0 fully saturated rings. The minimum absolute atomic E-state index is 0.0294. The third-order valence-corrected chi connectivity index (χ3v) is 5.00. The summed E-state index contributed by atoms with van der Waals surface area (Å²) >= 11 is 5.86.